The number of nitrogens with one attached hydrogen (secondary N) is 1. The Morgan fingerprint density at radius 3 is 2.40 bits per heavy atom. The first kappa shape index (κ1) is 17.8. The number of rotatable bonds is 7. The molecular formula is C13H21BrN2O2S2. The number of halogens is 1. The van der Waals surface area contributed by atoms with Crippen LogP contribution in [0, 0.1) is 0 Å². The van der Waals surface area contributed by atoms with Gasteiger partial charge in [0, 0.05) is 21.5 Å². The van der Waals surface area contributed by atoms with Crippen LogP contribution in [0.3, 0.4) is 0 Å². The Morgan fingerprint density at radius 1 is 1.35 bits per heavy atom. The largest absolute Gasteiger partial charge is 0.399 e. The second kappa shape index (κ2) is 7.15. The van der Waals surface area contributed by atoms with Crippen LogP contribution >= 0.6 is 27.7 Å². The van der Waals surface area contributed by atoms with Crippen molar-refractivity contribution in [2.45, 2.75) is 36.3 Å². The maximum absolute atomic E-state index is 12.4. The highest BCUT2D eigenvalue weighted by Crippen LogP contribution is 2.31. The van der Waals surface area contributed by atoms with Crippen molar-refractivity contribution in [3.05, 3.63) is 22.7 Å². The van der Waals surface area contributed by atoms with E-state index >= 15 is 0 Å². The van der Waals surface area contributed by atoms with Crippen molar-refractivity contribution in [1.29, 1.82) is 0 Å². The monoisotopic (exact) mass is 380 g/mol. The molecule has 0 saturated heterocycles. The summed E-state index contributed by atoms with van der Waals surface area (Å²) in [5, 5.41) is 0. The lowest BCUT2D eigenvalue weighted by Gasteiger charge is -2.29. The average Bonchev–Trinajstić information content (AvgIpc) is 2.40. The number of benzene rings is 1. The van der Waals surface area contributed by atoms with Gasteiger partial charge in [0.1, 0.15) is 0 Å². The summed E-state index contributed by atoms with van der Waals surface area (Å²) in [6.45, 7) is 4.57. The van der Waals surface area contributed by atoms with Crippen LogP contribution in [0.1, 0.15) is 26.7 Å². The Bertz CT molecular complexity index is 549. The van der Waals surface area contributed by atoms with Crippen molar-refractivity contribution in [3.63, 3.8) is 0 Å². The van der Waals surface area contributed by atoms with Gasteiger partial charge in [0.25, 0.3) is 0 Å². The molecule has 114 valence electrons. The Kier molecular flexibility index (Phi) is 6.37. The number of hydrogen-bond donors (Lipinski definition) is 2. The third kappa shape index (κ3) is 4.13. The van der Waals surface area contributed by atoms with E-state index in [0.29, 0.717) is 16.7 Å². The molecule has 20 heavy (non-hydrogen) atoms. The number of hydrogen-bond acceptors (Lipinski definition) is 4. The van der Waals surface area contributed by atoms with E-state index in [1.54, 1.807) is 23.9 Å². The fourth-order valence-corrected chi connectivity index (χ4v) is 5.01. The molecule has 0 amide bonds. The first-order chi connectivity index (χ1) is 9.30. The van der Waals surface area contributed by atoms with Crippen LogP contribution in [-0.4, -0.2) is 26.0 Å². The Hall–Kier alpha value is -0.240. The smallest absolute Gasteiger partial charge is 0.241 e. The van der Waals surface area contributed by atoms with Crippen LogP contribution in [0.25, 0.3) is 0 Å². The molecule has 0 aliphatic rings. The molecule has 1 aromatic rings. The van der Waals surface area contributed by atoms with Crippen LogP contribution in [0.4, 0.5) is 5.69 Å². The van der Waals surface area contributed by atoms with E-state index in [0.717, 1.165) is 12.8 Å². The number of sulfonamides is 1. The summed E-state index contributed by atoms with van der Waals surface area (Å²) in [5.41, 5.74) is 6.15. The molecule has 1 aromatic carbocycles. The second-order valence-electron chi connectivity index (χ2n) is 4.61. The lowest BCUT2D eigenvalue weighted by atomic mass is 10.0. The van der Waals surface area contributed by atoms with Crippen LogP contribution in [0.5, 0.6) is 0 Å². The molecule has 1 rings (SSSR count). The van der Waals surface area contributed by atoms with Gasteiger partial charge in [-0.05, 0) is 53.2 Å². The molecule has 3 N–H and O–H groups in total. The molecule has 4 nitrogen and oxygen atoms in total. The SMILES string of the molecule is CCC(CC)(CNS(=O)(=O)c1ccc(N)cc1Br)SC. The summed E-state index contributed by atoms with van der Waals surface area (Å²) < 4.78 is 27.9. The Balaban J connectivity index is 2.96. The van der Waals surface area contributed by atoms with Crippen LogP contribution in [0.2, 0.25) is 0 Å². The van der Waals surface area contributed by atoms with Gasteiger partial charge < -0.3 is 5.73 Å². The van der Waals surface area contributed by atoms with Gasteiger partial charge in [-0.15, -0.1) is 0 Å². The minimum atomic E-state index is -3.54. The summed E-state index contributed by atoms with van der Waals surface area (Å²) in [6.07, 6.45) is 3.84. The quantitative estimate of drug-likeness (QED) is 0.712. The van der Waals surface area contributed by atoms with E-state index < -0.39 is 10.0 Å². The van der Waals surface area contributed by atoms with Crippen molar-refractivity contribution in [2.75, 3.05) is 18.5 Å². The van der Waals surface area contributed by atoms with Crippen LogP contribution < -0.4 is 10.5 Å². The first-order valence-corrected chi connectivity index (χ1v) is 9.90. The zero-order valence-corrected chi connectivity index (χ0v) is 15.2. The number of nitrogens with two attached hydrogens (primary N) is 1. The van der Waals surface area contributed by atoms with Gasteiger partial charge in [-0.3, -0.25) is 0 Å². The van der Waals surface area contributed by atoms with Gasteiger partial charge in [0.2, 0.25) is 10.0 Å². The van der Waals surface area contributed by atoms with E-state index in [1.165, 1.54) is 6.07 Å². The van der Waals surface area contributed by atoms with Gasteiger partial charge in [-0.25, -0.2) is 13.1 Å². The molecule has 7 heteroatoms. The minimum Gasteiger partial charge on any atom is -0.399 e. The van der Waals surface area contributed by atoms with Gasteiger partial charge >= 0.3 is 0 Å². The predicted molar refractivity (Wildman–Crippen MR) is 90.6 cm³/mol. The molecule has 0 heterocycles. The van der Waals surface area contributed by atoms with Gasteiger partial charge in [-0.2, -0.15) is 11.8 Å². The third-order valence-electron chi connectivity index (χ3n) is 3.55. The highest BCUT2D eigenvalue weighted by molar-refractivity contribution is 9.10. The minimum absolute atomic E-state index is 0.0621. The van der Waals surface area contributed by atoms with Crippen LogP contribution in [-0.2, 0) is 10.0 Å². The molecule has 0 saturated carbocycles. The Labute approximate surface area is 134 Å². The maximum atomic E-state index is 12.4. The molecule has 0 aliphatic heterocycles. The zero-order chi connectivity index (χ0) is 15.4. The highest BCUT2D eigenvalue weighted by atomic mass is 79.9. The summed E-state index contributed by atoms with van der Waals surface area (Å²) in [5.74, 6) is 0. The van der Waals surface area contributed by atoms with Crippen LogP contribution in [0.15, 0.2) is 27.6 Å². The summed E-state index contributed by atoms with van der Waals surface area (Å²) >= 11 is 4.95. The van der Waals surface area contributed by atoms with Crippen molar-refractivity contribution in [3.8, 4) is 0 Å². The molecule has 0 unspecified atom stereocenters. The lowest BCUT2D eigenvalue weighted by molar-refractivity contribution is 0.522. The lowest BCUT2D eigenvalue weighted by Crippen LogP contribution is -2.39. The zero-order valence-electron chi connectivity index (χ0n) is 11.9. The van der Waals surface area contributed by atoms with E-state index in [-0.39, 0.29) is 9.64 Å². The first-order valence-electron chi connectivity index (χ1n) is 6.40. The molecule has 0 radical (unpaired) electrons. The predicted octanol–water partition coefficient (Wildman–Crippen LogP) is 3.23. The van der Waals surface area contributed by atoms with Gasteiger partial charge in [-0.1, -0.05) is 13.8 Å². The second-order valence-corrected chi connectivity index (χ2v) is 8.47. The summed E-state index contributed by atoms with van der Waals surface area (Å²) in [7, 11) is -3.54. The maximum Gasteiger partial charge on any atom is 0.241 e. The molecule has 0 spiro atoms. The molecule has 0 atom stereocenters. The number of nitrogen functional groups attached to an aromatic ring is 1. The summed E-state index contributed by atoms with van der Waals surface area (Å²) in [6, 6.07) is 4.69. The van der Waals surface area contributed by atoms with Crippen molar-refractivity contribution in [1.82, 2.24) is 4.72 Å². The number of thioether (sulfide) groups is 1. The van der Waals surface area contributed by atoms with Crippen molar-refractivity contribution >= 4 is 43.4 Å². The topological polar surface area (TPSA) is 72.2 Å². The van der Waals surface area contributed by atoms with E-state index in [1.807, 2.05) is 6.26 Å². The van der Waals surface area contributed by atoms with Crippen molar-refractivity contribution < 1.29 is 8.42 Å². The third-order valence-corrected chi connectivity index (χ3v) is 7.52. The fourth-order valence-electron chi connectivity index (χ4n) is 1.90. The highest BCUT2D eigenvalue weighted by Gasteiger charge is 2.28. The van der Waals surface area contributed by atoms with Gasteiger partial charge in [0.15, 0.2) is 0 Å². The summed E-state index contributed by atoms with van der Waals surface area (Å²) in [4.78, 5) is 0.217. The fraction of sp³-hybridized carbons (Fsp3) is 0.538. The van der Waals surface area contributed by atoms with E-state index in [4.69, 9.17) is 5.73 Å². The molecular weight excluding hydrogens is 360 g/mol. The average molecular weight is 381 g/mol. The van der Waals surface area contributed by atoms with Crippen molar-refractivity contribution in [2.24, 2.45) is 0 Å². The molecule has 0 bridgehead atoms. The normalized spacial score (nSPS) is 12.6. The van der Waals surface area contributed by atoms with Gasteiger partial charge in [0.05, 0.1) is 4.90 Å². The Morgan fingerprint density at radius 2 is 1.95 bits per heavy atom. The molecule has 0 fully saturated rings. The van der Waals surface area contributed by atoms with E-state index in [9.17, 15) is 8.42 Å². The molecule has 0 aliphatic carbocycles. The molecule has 0 aromatic heterocycles. The standard InChI is InChI=1S/C13H21BrN2O2S2/c1-4-13(5-2,19-3)9-16-20(17,18)12-7-6-10(15)8-11(12)14/h6-8,16H,4-5,9,15H2,1-3H3. The van der Waals surface area contributed by atoms with E-state index in [2.05, 4.69) is 34.5 Å². The number of anilines is 1.